The third-order valence-corrected chi connectivity index (χ3v) is 2.69. The molecule has 0 aliphatic carbocycles. The first-order chi connectivity index (χ1) is 8.22. The summed E-state index contributed by atoms with van der Waals surface area (Å²) < 4.78 is 15.9. The number of fused-ring (bicyclic) bond motifs is 1. The lowest BCUT2D eigenvalue weighted by Crippen LogP contribution is -2.12. The van der Waals surface area contributed by atoms with Crippen LogP contribution in [0.3, 0.4) is 0 Å². The van der Waals surface area contributed by atoms with E-state index in [-0.39, 0.29) is 6.54 Å². The molecule has 1 heterocycles. The average Bonchev–Trinajstić information content (AvgIpc) is 2.84. The Labute approximate surface area is 98.7 Å². The number of hydrogen-bond acceptors (Lipinski definition) is 5. The van der Waals surface area contributed by atoms with Gasteiger partial charge in [0.1, 0.15) is 5.58 Å². The topological polar surface area (TPSA) is 77.9 Å². The maximum atomic E-state index is 9.85. The molecule has 1 aromatic carbocycles. The summed E-state index contributed by atoms with van der Waals surface area (Å²) >= 11 is 0. The van der Waals surface area contributed by atoms with E-state index in [4.69, 9.17) is 19.6 Å². The van der Waals surface area contributed by atoms with Crippen LogP contribution in [0.5, 0.6) is 11.5 Å². The minimum absolute atomic E-state index is 0.116. The van der Waals surface area contributed by atoms with Crippen LogP contribution in [-0.2, 0) is 0 Å². The predicted octanol–water partition coefficient (Wildman–Crippen LogP) is 1.44. The van der Waals surface area contributed by atoms with E-state index < -0.39 is 6.10 Å². The van der Waals surface area contributed by atoms with Gasteiger partial charge >= 0.3 is 0 Å². The fourth-order valence-corrected chi connectivity index (χ4v) is 1.85. The summed E-state index contributed by atoms with van der Waals surface area (Å²) in [5, 5.41) is 10.6. The highest BCUT2D eigenvalue weighted by Crippen LogP contribution is 2.40. The van der Waals surface area contributed by atoms with Crippen LogP contribution in [0.15, 0.2) is 22.8 Å². The average molecular weight is 237 g/mol. The summed E-state index contributed by atoms with van der Waals surface area (Å²) in [7, 11) is 3.10. The zero-order valence-electron chi connectivity index (χ0n) is 9.77. The molecule has 2 aromatic rings. The molecular weight excluding hydrogens is 222 g/mol. The Morgan fingerprint density at radius 2 is 2.18 bits per heavy atom. The minimum Gasteiger partial charge on any atom is -0.493 e. The molecule has 0 saturated heterocycles. The van der Waals surface area contributed by atoms with Crippen LogP contribution in [0, 0.1) is 0 Å². The monoisotopic (exact) mass is 237 g/mol. The summed E-state index contributed by atoms with van der Waals surface area (Å²) in [5.74, 6) is 1.13. The van der Waals surface area contributed by atoms with E-state index in [0.717, 1.165) is 5.39 Å². The van der Waals surface area contributed by atoms with Crippen LogP contribution in [-0.4, -0.2) is 25.9 Å². The third-order valence-electron chi connectivity index (χ3n) is 2.69. The summed E-state index contributed by atoms with van der Waals surface area (Å²) in [5.41, 5.74) is 6.63. The lowest BCUT2D eigenvalue weighted by Gasteiger charge is -2.14. The van der Waals surface area contributed by atoms with Crippen LogP contribution in [0.25, 0.3) is 11.0 Å². The molecule has 17 heavy (non-hydrogen) atoms. The van der Waals surface area contributed by atoms with Crippen molar-refractivity contribution >= 4 is 11.0 Å². The number of hydrogen-bond donors (Lipinski definition) is 2. The Bertz CT molecular complexity index is 520. The molecule has 5 nitrogen and oxygen atoms in total. The molecule has 2 rings (SSSR count). The van der Waals surface area contributed by atoms with Crippen molar-refractivity contribution in [2.45, 2.75) is 6.10 Å². The number of methoxy groups -OCH3 is 2. The van der Waals surface area contributed by atoms with Crippen LogP contribution in [0.4, 0.5) is 0 Å². The first-order valence-electron chi connectivity index (χ1n) is 5.23. The molecule has 0 fully saturated rings. The molecule has 1 aromatic heterocycles. The van der Waals surface area contributed by atoms with E-state index in [1.54, 1.807) is 32.6 Å². The molecule has 0 bridgehead atoms. The zero-order valence-corrected chi connectivity index (χ0v) is 9.77. The van der Waals surface area contributed by atoms with Crippen LogP contribution in [0.2, 0.25) is 0 Å². The van der Waals surface area contributed by atoms with Gasteiger partial charge in [-0.1, -0.05) is 0 Å². The van der Waals surface area contributed by atoms with E-state index in [1.807, 2.05) is 0 Å². The molecule has 0 aliphatic rings. The summed E-state index contributed by atoms with van der Waals surface area (Å²) in [6, 6.07) is 3.45. The van der Waals surface area contributed by atoms with Gasteiger partial charge in [0.2, 0.25) is 0 Å². The molecule has 0 amide bonds. The highest BCUT2D eigenvalue weighted by Gasteiger charge is 2.19. The molecule has 5 heteroatoms. The normalized spacial score (nSPS) is 12.7. The highest BCUT2D eigenvalue weighted by molar-refractivity contribution is 5.89. The van der Waals surface area contributed by atoms with E-state index in [1.165, 1.54) is 0 Å². The van der Waals surface area contributed by atoms with Crippen LogP contribution in [0.1, 0.15) is 11.7 Å². The predicted molar refractivity (Wildman–Crippen MR) is 63.3 cm³/mol. The number of furan rings is 1. The van der Waals surface area contributed by atoms with E-state index >= 15 is 0 Å². The van der Waals surface area contributed by atoms with Gasteiger partial charge < -0.3 is 24.7 Å². The van der Waals surface area contributed by atoms with E-state index in [2.05, 4.69) is 0 Å². The molecular formula is C12H15NO4. The first-order valence-corrected chi connectivity index (χ1v) is 5.23. The smallest absolute Gasteiger partial charge is 0.171 e. The third kappa shape index (κ3) is 1.83. The quantitative estimate of drug-likeness (QED) is 0.841. The second kappa shape index (κ2) is 4.65. The van der Waals surface area contributed by atoms with Crippen LogP contribution < -0.4 is 15.2 Å². The first kappa shape index (κ1) is 11.8. The van der Waals surface area contributed by atoms with Crippen molar-refractivity contribution in [2.75, 3.05) is 20.8 Å². The van der Waals surface area contributed by atoms with Crippen molar-refractivity contribution in [1.82, 2.24) is 0 Å². The standard InChI is InChI=1S/C12H15NO4/c1-15-10-5-8(9(14)6-13)11-7(3-4-17-11)12(10)16-2/h3-5,9,14H,6,13H2,1-2H3. The zero-order chi connectivity index (χ0) is 12.4. The number of rotatable bonds is 4. The van der Waals surface area contributed by atoms with Gasteiger partial charge in [0.05, 0.1) is 32.0 Å². The molecule has 1 unspecified atom stereocenters. The van der Waals surface area contributed by atoms with Gasteiger partial charge in [-0.15, -0.1) is 0 Å². The Kier molecular flexibility index (Phi) is 3.21. The largest absolute Gasteiger partial charge is 0.493 e. The van der Waals surface area contributed by atoms with Crippen molar-refractivity contribution in [3.8, 4) is 11.5 Å². The van der Waals surface area contributed by atoms with Gasteiger partial charge in [0.15, 0.2) is 11.5 Å². The summed E-state index contributed by atoms with van der Waals surface area (Å²) in [4.78, 5) is 0. The van der Waals surface area contributed by atoms with Crippen molar-refractivity contribution < 1.29 is 19.0 Å². The number of benzene rings is 1. The number of aliphatic hydroxyl groups is 1. The second-order valence-electron chi connectivity index (χ2n) is 3.62. The van der Waals surface area contributed by atoms with E-state index in [9.17, 15) is 5.11 Å². The van der Waals surface area contributed by atoms with E-state index in [0.29, 0.717) is 22.6 Å². The van der Waals surface area contributed by atoms with Crippen molar-refractivity contribution in [3.05, 3.63) is 24.0 Å². The van der Waals surface area contributed by atoms with Crippen molar-refractivity contribution in [3.63, 3.8) is 0 Å². The Morgan fingerprint density at radius 3 is 2.76 bits per heavy atom. The van der Waals surface area contributed by atoms with Crippen molar-refractivity contribution in [1.29, 1.82) is 0 Å². The maximum Gasteiger partial charge on any atom is 0.171 e. The molecule has 92 valence electrons. The Hall–Kier alpha value is -1.72. The molecule has 1 atom stereocenters. The fourth-order valence-electron chi connectivity index (χ4n) is 1.85. The van der Waals surface area contributed by atoms with Gasteiger partial charge in [-0.3, -0.25) is 0 Å². The SMILES string of the molecule is COc1cc(C(O)CN)c2occc2c1OC. The molecule has 0 saturated carbocycles. The Balaban J connectivity index is 2.73. The van der Waals surface area contributed by atoms with Crippen molar-refractivity contribution in [2.24, 2.45) is 5.73 Å². The van der Waals surface area contributed by atoms with Gasteiger partial charge in [0.25, 0.3) is 0 Å². The maximum absolute atomic E-state index is 9.85. The van der Waals surface area contributed by atoms with Gasteiger partial charge in [-0.2, -0.15) is 0 Å². The second-order valence-corrected chi connectivity index (χ2v) is 3.62. The minimum atomic E-state index is -0.788. The van der Waals surface area contributed by atoms with Gasteiger partial charge in [-0.05, 0) is 12.1 Å². The number of ether oxygens (including phenoxy) is 2. The highest BCUT2D eigenvalue weighted by atomic mass is 16.5. The van der Waals surface area contributed by atoms with Crippen LogP contribution >= 0.6 is 0 Å². The molecule has 0 radical (unpaired) electrons. The van der Waals surface area contributed by atoms with Gasteiger partial charge in [0, 0.05) is 12.1 Å². The van der Waals surface area contributed by atoms with Gasteiger partial charge in [-0.25, -0.2) is 0 Å². The summed E-state index contributed by atoms with van der Waals surface area (Å²) in [6.07, 6.45) is 0.753. The number of nitrogens with two attached hydrogens (primary N) is 1. The number of aliphatic hydroxyl groups excluding tert-OH is 1. The molecule has 3 N–H and O–H groups in total. The molecule has 0 spiro atoms. The fraction of sp³-hybridized carbons (Fsp3) is 0.333. The summed E-state index contributed by atoms with van der Waals surface area (Å²) in [6.45, 7) is 0.116. The molecule has 0 aliphatic heterocycles. The lowest BCUT2D eigenvalue weighted by molar-refractivity contribution is 0.186. The Morgan fingerprint density at radius 1 is 1.41 bits per heavy atom. The lowest BCUT2D eigenvalue weighted by atomic mass is 10.1.